The number of hydrogen-bond acceptors (Lipinski definition) is 6. The lowest BCUT2D eigenvalue weighted by atomic mass is 10.0. The van der Waals surface area contributed by atoms with Crippen LogP contribution in [0, 0.1) is 13.8 Å². The summed E-state index contributed by atoms with van der Waals surface area (Å²) >= 11 is 1.35. The van der Waals surface area contributed by atoms with Crippen molar-refractivity contribution in [2.75, 3.05) is 5.75 Å². The van der Waals surface area contributed by atoms with Gasteiger partial charge in [0.2, 0.25) is 5.91 Å². The second kappa shape index (κ2) is 10.7. The molecule has 0 atom stereocenters. The minimum atomic E-state index is -0.104. The minimum absolute atomic E-state index is 0.104. The van der Waals surface area contributed by atoms with E-state index in [-0.39, 0.29) is 11.7 Å². The Morgan fingerprint density at radius 3 is 2.51 bits per heavy atom. The smallest absolute Gasteiger partial charge is 0.230 e. The Morgan fingerprint density at radius 1 is 1.09 bits per heavy atom. The fourth-order valence-electron chi connectivity index (χ4n) is 3.97. The summed E-state index contributed by atoms with van der Waals surface area (Å²) in [7, 11) is 0. The van der Waals surface area contributed by atoms with E-state index in [1.165, 1.54) is 17.3 Å². The molecular weight excluding hydrogens is 458 g/mol. The zero-order valence-electron chi connectivity index (χ0n) is 20.3. The van der Waals surface area contributed by atoms with Crippen LogP contribution in [0.15, 0.2) is 66.1 Å². The average Bonchev–Trinajstić information content (AvgIpc) is 3.29. The molecule has 0 unspecified atom stereocenters. The molecule has 0 saturated heterocycles. The van der Waals surface area contributed by atoms with E-state index in [1.807, 2.05) is 54.8 Å². The Labute approximate surface area is 209 Å². The Balaban J connectivity index is 1.56. The number of phenols is 1. The number of nitrogens with one attached hydrogen (secondary N) is 1. The molecule has 7 nitrogen and oxygen atoms in total. The largest absolute Gasteiger partial charge is 0.507 e. The van der Waals surface area contributed by atoms with Gasteiger partial charge in [0.25, 0.3) is 0 Å². The van der Waals surface area contributed by atoms with Gasteiger partial charge in [0.1, 0.15) is 5.75 Å². The molecule has 1 amide bonds. The summed E-state index contributed by atoms with van der Waals surface area (Å²) in [4.78, 5) is 16.9. The van der Waals surface area contributed by atoms with E-state index in [9.17, 15) is 9.90 Å². The number of aromatic nitrogens is 4. The van der Waals surface area contributed by atoms with E-state index in [1.54, 1.807) is 12.4 Å². The zero-order chi connectivity index (χ0) is 24.9. The molecule has 2 N–H and O–H groups in total. The maximum atomic E-state index is 12.7. The zero-order valence-corrected chi connectivity index (χ0v) is 21.1. The van der Waals surface area contributed by atoms with E-state index < -0.39 is 0 Å². The predicted octanol–water partition coefficient (Wildman–Crippen LogP) is 5.18. The maximum Gasteiger partial charge on any atom is 0.230 e. The second-order valence-electron chi connectivity index (χ2n) is 8.74. The molecule has 0 bridgehead atoms. The van der Waals surface area contributed by atoms with Crippen molar-refractivity contribution < 1.29 is 9.90 Å². The van der Waals surface area contributed by atoms with Crippen LogP contribution in [0.3, 0.4) is 0 Å². The summed E-state index contributed by atoms with van der Waals surface area (Å²) < 4.78 is 2.01. The first-order chi connectivity index (χ1) is 16.8. The van der Waals surface area contributed by atoms with Crippen molar-refractivity contribution in [3.05, 3.63) is 83.2 Å². The summed E-state index contributed by atoms with van der Waals surface area (Å²) in [5.41, 5.74) is 5.55. The van der Waals surface area contributed by atoms with Gasteiger partial charge in [-0.2, -0.15) is 0 Å². The van der Waals surface area contributed by atoms with Gasteiger partial charge in [0, 0.05) is 24.5 Å². The highest BCUT2D eigenvalue weighted by Gasteiger charge is 2.20. The van der Waals surface area contributed by atoms with Gasteiger partial charge in [0.15, 0.2) is 11.0 Å². The molecule has 0 fully saturated rings. The molecule has 4 rings (SSSR count). The quantitative estimate of drug-likeness (QED) is 0.333. The Bertz CT molecular complexity index is 1310. The number of phenolic OH excluding ortho intramolecular Hbond substituents is 1. The van der Waals surface area contributed by atoms with Crippen LogP contribution in [0.4, 0.5) is 0 Å². The molecule has 0 aliphatic rings. The third kappa shape index (κ3) is 5.54. The van der Waals surface area contributed by atoms with Crippen LogP contribution >= 0.6 is 11.8 Å². The van der Waals surface area contributed by atoms with Crippen molar-refractivity contribution in [1.82, 2.24) is 25.1 Å². The highest BCUT2D eigenvalue weighted by molar-refractivity contribution is 7.99. The van der Waals surface area contributed by atoms with E-state index in [0.29, 0.717) is 29.2 Å². The van der Waals surface area contributed by atoms with E-state index in [0.717, 1.165) is 27.9 Å². The summed E-state index contributed by atoms with van der Waals surface area (Å²) in [6.45, 7) is 8.40. The molecule has 0 radical (unpaired) electrons. The lowest BCUT2D eigenvalue weighted by Gasteiger charge is -2.16. The molecular formula is C27H29N5O2S. The Kier molecular flexibility index (Phi) is 7.51. The van der Waals surface area contributed by atoms with Crippen LogP contribution in [0.5, 0.6) is 5.75 Å². The normalized spacial score (nSPS) is 11.1. The van der Waals surface area contributed by atoms with Crippen molar-refractivity contribution in [2.24, 2.45) is 0 Å². The van der Waals surface area contributed by atoms with Crippen molar-refractivity contribution in [2.45, 2.75) is 45.3 Å². The fraction of sp³-hybridized carbons (Fsp3) is 0.259. The van der Waals surface area contributed by atoms with Crippen LogP contribution in [0.25, 0.3) is 17.1 Å². The monoisotopic (exact) mass is 487 g/mol. The number of rotatable bonds is 8. The number of amides is 1. The summed E-state index contributed by atoms with van der Waals surface area (Å²) in [5, 5.41) is 22.5. The first-order valence-electron chi connectivity index (χ1n) is 11.5. The maximum absolute atomic E-state index is 12.7. The number of thioether (sulfide) groups is 1. The number of benzene rings is 2. The average molecular weight is 488 g/mol. The molecule has 0 saturated carbocycles. The number of nitrogens with zero attached hydrogens (tertiary/aromatic N) is 4. The fourth-order valence-corrected chi connectivity index (χ4v) is 4.75. The number of carbonyl (C=O) groups excluding carboxylic acids is 1. The Morgan fingerprint density at radius 2 is 1.83 bits per heavy atom. The summed E-state index contributed by atoms with van der Waals surface area (Å²) in [6.07, 6.45) is 3.49. The molecule has 35 heavy (non-hydrogen) atoms. The number of carbonyl (C=O) groups is 1. The molecule has 0 aliphatic heterocycles. The summed E-state index contributed by atoms with van der Waals surface area (Å²) in [5.74, 6) is 1.37. The lowest BCUT2D eigenvalue weighted by molar-refractivity contribution is -0.118. The number of aryl methyl sites for hydroxylation is 2. The van der Waals surface area contributed by atoms with Crippen LogP contribution in [0.1, 0.15) is 42.0 Å². The SMILES string of the molecule is Cc1cc(CNC(=O)CSc2nnc(-c3cccnc3)n2-c2ccccc2C(C)C)cc(C)c1O. The lowest BCUT2D eigenvalue weighted by Crippen LogP contribution is -2.24. The van der Waals surface area contributed by atoms with Gasteiger partial charge in [-0.25, -0.2) is 0 Å². The predicted molar refractivity (Wildman–Crippen MR) is 139 cm³/mol. The number of para-hydroxylation sites is 1. The van der Waals surface area contributed by atoms with Gasteiger partial charge in [-0.3, -0.25) is 14.3 Å². The van der Waals surface area contributed by atoms with Crippen LogP contribution in [0.2, 0.25) is 0 Å². The first kappa shape index (κ1) is 24.5. The van der Waals surface area contributed by atoms with Crippen molar-refractivity contribution in [1.29, 1.82) is 0 Å². The molecule has 4 aromatic rings. The molecule has 0 spiro atoms. The second-order valence-corrected chi connectivity index (χ2v) is 9.68. The summed E-state index contributed by atoms with van der Waals surface area (Å²) in [6, 6.07) is 15.8. The van der Waals surface area contributed by atoms with Gasteiger partial charge in [-0.05, 0) is 60.2 Å². The third-order valence-corrected chi connectivity index (χ3v) is 6.65. The van der Waals surface area contributed by atoms with Crippen LogP contribution in [-0.4, -0.2) is 36.5 Å². The number of pyridine rings is 1. The van der Waals surface area contributed by atoms with Gasteiger partial charge < -0.3 is 10.4 Å². The van der Waals surface area contributed by atoms with Crippen LogP contribution in [-0.2, 0) is 11.3 Å². The molecule has 180 valence electrons. The van der Waals surface area contributed by atoms with E-state index >= 15 is 0 Å². The van der Waals surface area contributed by atoms with Crippen LogP contribution < -0.4 is 5.32 Å². The van der Waals surface area contributed by atoms with Gasteiger partial charge in [0.05, 0.1) is 11.4 Å². The highest BCUT2D eigenvalue weighted by Crippen LogP contribution is 2.32. The third-order valence-electron chi connectivity index (χ3n) is 5.73. The van der Waals surface area contributed by atoms with Gasteiger partial charge >= 0.3 is 0 Å². The molecule has 2 aromatic heterocycles. The molecule has 2 heterocycles. The topological polar surface area (TPSA) is 92.9 Å². The molecule has 0 aliphatic carbocycles. The number of aromatic hydroxyl groups is 1. The first-order valence-corrected chi connectivity index (χ1v) is 12.5. The van der Waals surface area contributed by atoms with Crippen molar-refractivity contribution >= 4 is 17.7 Å². The standard InChI is InChI=1S/C27H29N5O2S/c1-17(2)22-9-5-6-10-23(22)32-26(21-8-7-11-28-15-21)30-31-27(32)35-16-24(33)29-14-20-12-18(3)25(34)19(4)13-20/h5-13,15,17,34H,14,16H2,1-4H3,(H,29,33). The van der Waals surface area contributed by atoms with Crippen molar-refractivity contribution in [3.8, 4) is 22.8 Å². The minimum Gasteiger partial charge on any atom is -0.507 e. The van der Waals surface area contributed by atoms with E-state index in [2.05, 4.69) is 46.5 Å². The van der Waals surface area contributed by atoms with E-state index in [4.69, 9.17) is 0 Å². The van der Waals surface area contributed by atoms with Gasteiger partial charge in [-0.1, -0.05) is 55.9 Å². The van der Waals surface area contributed by atoms with Crippen molar-refractivity contribution in [3.63, 3.8) is 0 Å². The number of hydrogen-bond donors (Lipinski definition) is 2. The molecule has 2 aromatic carbocycles. The Hall–Kier alpha value is -3.65. The highest BCUT2D eigenvalue weighted by atomic mass is 32.2. The van der Waals surface area contributed by atoms with Gasteiger partial charge in [-0.15, -0.1) is 10.2 Å². The molecule has 8 heteroatoms.